The number of nitrogens with one attached hydrogen (secondary N) is 1. The summed E-state index contributed by atoms with van der Waals surface area (Å²) in [5.41, 5.74) is 0. The molecule has 2 aromatic rings. The van der Waals surface area contributed by atoms with Crippen LogP contribution < -0.4 is 4.72 Å². The van der Waals surface area contributed by atoms with Gasteiger partial charge in [0, 0.05) is 11.9 Å². The van der Waals surface area contributed by atoms with Crippen molar-refractivity contribution < 1.29 is 13.5 Å². The lowest BCUT2D eigenvalue weighted by atomic mass is 10.1. The van der Waals surface area contributed by atoms with Gasteiger partial charge in [0.25, 0.3) is 0 Å². The van der Waals surface area contributed by atoms with Crippen molar-refractivity contribution in [1.29, 1.82) is 0 Å². The minimum absolute atomic E-state index is 0.0338. The molecule has 0 bridgehead atoms. The molecule has 6 heteroatoms. The molecule has 1 unspecified atom stereocenters. The lowest BCUT2D eigenvalue weighted by Crippen LogP contribution is -2.32. The molecule has 2 rings (SSSR count). The van der Waals surface area contributed by atoms with E-state index in [2.05, 4.69) is 4.72 Å². The van der Waals surface area contributed by atoms with Crippen molar-refractivity contribution >= 4 is 32.6 Å². The topological polar surface area (TPSA) is 66.4 Å². The second-order valence-corrected chi connectivity index (χ2v) is 7.49. The first-order valence-electron chi connectivity index (χ1n) is 6.69. The predicted molar refractivity (Wildman–Crippen MR) is 88.1 cm³/mol. The second kappa shape index (κ2) is 7.26. The van der Waals surface area contributed by atoms with Crippen LogP contribution in [0.3, 0.4) is 0 Å². The number of aliphatic hydroxyl groups excluding tert-OH is 1. The first-order valence-corrected chi connectivity index (χ1v) is 9.57. The van der Waals surface area contributed by atoms with Crippen LogP contribution in [-0.2, 0) is 10.0 Å². The van der Waals surface area contributed by atoms with Crippen LogP contribution in [0.25, 0.3) is 10.8 Å². The van der Waals surface area contributed by atoms with Gasteiger partial charge in [0.2, 0.25) is 10.0 Å². The molecule has 0 fully saturated rings. The lowest BCUT2D eigenvalue weighted by Gasteiger charge is -2.13. The highest BCUT2D eigenvalue weighted by molar-refractivity contribution is 7.98. The smallest absolute Gasteiger partial charge is 0.241 e. The number of hydrogen-bond acceptors (Lipinski definition) is 4. The van der Waals surface area contributed by atoms with Gasteiger partial charge in [-0.25, -0.2) is 13.1 Å². The fourth-order valence-corrected chi connectivity index (χ4v) is 3.88. The molecule has 114 valence electrons. The largest absolute Gasteiger partial charge is 0.392 e. The molecule has 0 aliphatic rings. The Bertz CT molecular complexity index is 696. The second-order valence-electron chi connectivity index (χ2n) is 4.76. The summed E-state index contributed by atoms with van der Waals surface area (Å²) in [5.74, 6) is 0.803. The van der Waals surface area contributed by atoms with E-state index in [0.717, 1.165) is 11.1 Å². The van der Waals surface area contributed by atoms with Crippen LogP contribution in [0.4, 0.5) is 0 Å². The van der Waals surface area contributed by atoms with E-state index in [1.54, 1.807) is 30.0 Å². The van der Waals surface area contributed by atoms with Crippen molar-refractivity contribution in [2.45, 2.75) is 17.4 Å². The molecule has 0 heterocycles. The highest BCUT2D eigenvalue weighted by atomic mass is 32.2. The number of rotatable bonds is 7. The van der Waals surface area contributed by atoms with Crippen LogP contribution in [0.5, 0.6) is 0 Å². The van der Waals surface area contributed by atoms with Gasteiger partial charge >= 0.3 is 0 Å². The molecule has 0 saturated heterocycles. The molecule has 0 aromatic heterocycles. The predicted octanol–water partition coefficient (Wildman–Crippen LogP) is 2.23. The fourth-order valence-electron chi connectivity index (χ4n) is 2.07. The van der Waals surface area contributed by atoms with Crippen LogP contribution in [0.2, 0.25) is 0 Å². The third-order valence-corrected chi connectivity index (χ3v) is 5.33. The molecule has 0 aliphatic carbocycles. The number of benzene rings is 2. The number of sulfonamides is 1. The summed E-state index contributed by atoms with van der Waals surface area (Å²) in [7, 11) is -3.62. The molecule has 21 heavy (non-hydrogen) atoms. The van der Waals surface area contributed by atoms with Gasteiger partial charge in [-0.3, -0.25) is 0 Å². The SMILES string of the molecule is CSCCC(O)CNS(=O)(=O)c1cccc2ccccc12. The van der Waals surface area contributed by atoms with Gasteiger partial charge in [0.15, 0.2) is 0 Å². The normalized spacial score (nSPS) is 13.4. The maximum absolute atomic E-state index is 12.4. The van der Waals surface area contributed by atoms with Crippen LogP contribution in [0.1, 0.15) is 6.42 Å². The average molecular weight is 325 g/mol. The van der Waals surface area contributed by atoms with Gasteiger partial charge < -0.3 is 5.11 Å². The maximum atomic E-state index is 12.4. The van der Waals surface area contributed by atoms with E-state index in [1.165, 1.54) is 0 Å². The quantitative estimate of drug-likeness (QED) is 0.819. The van der Waals surface area contributed by atoms with Crippen molar-refractivity contribution in [2.24, 2.45) is 0 Å². The molecule has 2 aromatic carbocycles. The zero-order valence-corrected chi connectivity index (χ0v) is 13.5. The Morgan fingerprint density at radius 3 is 2.67 bits per heavy atom. The van der Waals surface area contributed by atoms with E-state index in [1.807, 2.05) is 30.5 Å². The highest BCUT2D eigenvalue weighted by Gasteiger charge is 2.18. The molecule has 0 saturated carbocycles. The Kier molecular flexibility index (Phi) is 5.64. The highest BCUT2D eigenvalue weighted by Crippen LogP contribution is 2.22. The first-order chi connectivity index (χ1) is 10.0. The Morgan fingerprint density at radius 1 is 1.19 bits per heavy atom. The van der Waals surface area contributed by atoms with Crippen LogP contribution in [-0.4, -0.2) is 38.2 Å². The zero-order chi connectivity index (χ0) is 15.3. The summed E-state index contributed by atoms with van der Waals surface area (Å²) in [6, 6.07) is 12.5. The third-order valence-electron chi connectivity index (χ3n) is 3.20. The Balaban J connectivity index is 2.18. The van der Waals surface area contributed by atoms with E-state index in [0.29, 0.717) is 11.8 Å². The van der Waals surface area contributed by atoms with Crippen molar-refractivity contribution in [3.63, 3.8) is 0 Å². The Labute approximate surface area is 129 Å². The van der Waals surface area contributed by atoms with Crippen LogP contribution in [0, 0.1) is 0 Å². The number of aliphatic hydroxyl groups is 1. The van der Waals surface area contributed by atoms with Gasteiger partial charge in [-0.2, -0.15) is 11.8 Å². The van der Waals surface area contributed by atoms with E-state index in [9.17, 15) is 13.5 Å². The summed E-state index contributed by atoms with van der Waals surface area (Å²) in [5, 5.41) is 11.3. The summed E-state index contributed by atoms with van der Waals surface area (Å²) < 4.78 is 27.3. The maximum Gasteiger partial charge on any atom is 0.241 e. The first kappa shape index (κ1) is 16.3. The van der Waals surface area contributed by atoms with Crippen LogP contribution in [0.15, 0.2) is 47.4 Å². The molecule has 0 aliphatic heterocycles. The van der Waals surface area contributed by atoms with Crippen molar-refractivity contribution in [3.8, 4) is 0 Å². The standard InChI is InChI=1S/C15H19NO3S2/c1-20-10-9-13(17)11-16-21(18,19)15-8-4-6-12-5-2-3-7-14(12)15/h2-8,13,16-17H,9-11H2,1H3. The Morgan fingerprint density at radius 2 is 1.90 bits per heavy atom. The number of hydrogen-bond donors (Lipinski definition) is 2. The minimum atomic E-state index is -3.62. The summed E-state index contributed by atoms with van der Waals surface area (Å²) in [6.45, 7) is 0.0338. The summed E-state index contributed by atoms with van der Waals surface area (Å²) in [6.07, 6.45) is 1.86. The zero-order valence-electron chi connectivity index (χ0n) is 11.8. The Hall–Kier alpha value is -1.08. The van der Waals surface area contributed by atoms with Gasteiger partial charge in [-0.05, 0) is 29.9 Å². The minimum Gasteiger partial charge on any atom is -0.392 e. The van der Waals surface area contributed by atoms with Gasteiger partial charge in [0.05, 0.1) is 11.0 Å². The van der Waals surface area contributed by atoms with Gasteiger partial charge in [0.1, 0.15) is 0 Å². The average Bonchev–Trinajstić information content (AvgIpc) is 2.50. The number of fused-ring (bicyclic) bond motifs is 1. The third kappa shape index (κ3) is 4.20. The molecule has 0 radical (unpaired) electrons. The van der Waals surface area contributed by atoms with Crippen molar-refractivity contribution in [1.82, 2.24) is 4.72 Å². The van der Waals surface area contributed by atoms with Crippen LogP contribution >= 0.6 is 11.8 Å². The molecule has 0 spiro atoms. The molecular formula is C15H19NO3S2. The van der Waals surface area contributed by atoms with Gasteiger partial charge in [-0.15, -0.1) is 0 Å². The number of thioether (sulfide) groups is 1. The van der Waals surface area contributed by atoms with E-state index < -0.39 is 16.1 Å². The van der Waals surface area contributed by atoms with Crippen molar-refractivity contribution in [2.75, 3.05) is 18.6 Å². The van der Waals surface area contributed by atoms with E-state index in [4.69, 9.17) is 0 Å². The molecule has 4 nitrogen and oxygen atoms in total. The van der Waals surface area contributed by atoms with Crippen molar-refractivity contribution in [3.05, 3.63) is 42.5 Å². The van der Waals surface area contributed by atoms with E-state index in [-0.39, 0.29) is 11.4 Å². The van der Waals surface area contributed by atoms with E-state index >= 15 is 0 Å². The fraction of sp³-hybridized carbons (Fsp3) is 0.333. The monoisotopic (exact) mass is 325 g/mol. The molecule has 0 amide bonds. The summed E-state index contributed by atoms with van der Waals surface area (Å²) in [4.78, 5) is 0.248. The summed E-state index contributed by atoms with van der Waals surface area (Å²) >= 11 is 1.62. The molecular weight excluding hydrogens is 306 g/mol. The lowest BCUT2D eigenvalue weighted by molar-refractivity contribution is 0.175. The molecule has 2 N–H and O–H groups in total. The molecule has 1 atom stereocenters. The van der Waals surface area contributed by atoms with Gasteiger partial charge in [-0.1, -0.05) is 36.4 Å².